The first-order valence-corrected chi connectivity index (χ1v) is 12.3. The second kappa shape index (κ2) is 9.97. The molecule has 36 heavy (non-hydrogen) atoms. The number of carbonyl (C=O) groups excluding carboxylic acids is 3. The van der Waals surface area contributed by atoms with Crippen molar-refractivity contribution < 1.29 is 23.5 Å². The van der Waals surface area contributed by atoms with Gasteiger partial charge in [-0.05, 0) is 51.2 Å². The summed E-state index contributed by atoms with van der Waals surface area (Å²) in [5, 5.41) is 18.0. The van der Waals surface area contributed by atoms with E-state index in [9.17, 15) is 19.6 Å². The fourth-order valence-corrected chi connectivity index (χ4v) is 4.97. The molecule has 1 aromatic heterocycles. The van der Waals surface area contributed by atoms with Crippen LogP contribution in [0.1, 0.15) is 56.4 Å². The Balaban J connectivity index is 1.49. The minimum absolute atomic E-state index is 0.0423. The van der Waals surface area contributed by atoms with Gasteiger partial charge in [0.05, 0.1) is 29.1 Å². The summed E-state index contributed by atoms with van der Waals surface area (Å²) in [6.07, 6.45) is 2.92. The molecule has 0 bridgehead atoms. The van der Waals surface area contributed by atoms with Crippen LogP contribution >= 0.6 is 11.6 Å². The number of aromatic amines is 1. The Morgan fingerprint density at radius 3 is 2.61 bits per heavy atom. The molecule has 2 aromatic rings. The predicted octanol–water partition coefficient (Wildman–Crippen LogP) is 3.18. The molecule has 1 saturated carbocycles. The first-order chi connectivity index (χ1) is 17.0. The van der Waals surface area contributed by atoms with E-state index >= 15 is 4.39 Å². The number of fused-ring (bicyclic) bond motifs is 1. The van der Waals surface area contributed by atoms with Gasteiger partial charge in [0.2, 0.25) is 11.8 Å². The molecule has 192 valence electrons. The maximum Gasteiger partial charge on any atom is 0.271 e. The van der Waals surface area contributed by atoms with Crippen molar-refractivity contribution in [1.29, 1.82) is 5.26 Å². The highest BCUT2D eigenvalue weighted by Gasteiger charge is 2.39. The molecule has 2 aliphatic rings. The van der Waals surface area contributed by atoms with Crippen LogP contribution < -0.4 is 20.7 Å². The monoisotopic (exact) mass is 517 g/mol. The van der Waals surface area contributed by atoms with E-state index in [0.29, 0.717) is 12.8 Å². The molecule has 4 N–H and O–H groups in total. The lowest BCUT2D eigenvalue weighted by Gasteiger charge is -2.21. The Labute approximate surface area is 213 Å². The molecule has 2 fully saturated rings. The van der Waals surface area contributed by atoms with E-state index in [1.165, 1.54) is 19.2 Å². The molecule has 0 spiro atoms. The largest absolute Gasteiger partial charge is 0.496 e. The van der Waals surface area contributed by atoms with Gasteiger partial charge in [-0.1, -0.05) is 24.4 Å². The normalized spacial score (nSPS) is 20.3. The molecule has 0 unspecified atom stereocenters. The molecular formula is C25H29ClFN5O4. The van der Waals surface area contributed by atoms with Crippen LogP contribution in [0.2, 0.25) is 5.02 Å². The number of aromatic nitrogens is 1. The van der Waals surface area contributed by atoms with Crippen molar-refractivity contribution in [3.63, 3.8) is 0 Å². The van der Waals surface area contributed by atoms with E-state index in [0.717, 1.165) is 12.8 Å². The van der Waals surface area contributed by atoms with Gasteiger partial charge in [-0.2, -0.15) is 5.26 Å². The fraction of sp³-hybridized carbons (Fsp3) is 0.520. The molecule has 11 heteroatoms. The highest BCUT2D eigenvalue weighted by Crippen LogP contribution is 2.36. The first kappa shape index (κ1) is 25.8. The second-order valence-corrected chi connectivity index (χ2v) is 10.6. The third-order valence-electron chi connectivity index (χ3n) is 6.72. The Morgan fingerprint density at radius 2 is 2.03 bits per heavy atom. The maximum absolute atomic E-state index is 15.2. The molecule has 1 saturated heterocycles. The number of amides is 3. The van der Waals surface area contributed by atoms with Crippen molar-refractivity contribution in [2.75, 3.05) is 7.11 Å². The van der Waals surface area contributed by atoms with E-state index < -0.39 is 35.6 Å². The number of carbonyl (C=O) groups is 3. The number of hydrogen-bond donors (Lipinski definition) is 4. The smallest absolute Gasteiger partial charge is 0.271 e. The Bertz CT molecular complexity index is 1250. The highest BCUT2D eigenvalue weighted by molar-refractivity contribution is 6.35. The number of nitrogens with one attached hydrogen (secondary N) is 4. The zero-order valence-corrected chi connectivity index (χ0v) is 21.1. The van der Waals surface area contributed by atoms with Crippen LogP contribution in [-0.2, 0) is 9.59 Å². The number of H-pyrrole nitrogens is 1. The van der Waals surface area contributed by atoms with Crippen molar-refractivity contribution in [2.45, 2.75) is 63.6 Å². The van der Waals surface area contributed by atoms with Crippen LogP contribution in [0.3, 0.4) is 0 Å². The molecule has 1 aliphatic heterocycles. The van der Waals surface area contributed by atoms with Gasteiger partial charge in [-0.3, -0.25) is 14.4 Å². The zero-order valence-electron chi connectivity index (χ0n) is 20.3. The van der Waals surface area contributed by atoms with Crippen molar-refractivity contribution in [1.82, 2.24) is 20.9 Å². The minimum atomic E-state index is -0.974. The van der Waals surface area contributed by atoms with E-state index in [4.69, 9.17) is 16.3 Å². The summed E-state index contributed by atoms with van der Waals surface area (Å²) in [6, 6.07) is 3.19. The summed E-state index contributed by atoms with van der Waals surface area (Å²) in [6.45, 7) is 3.80. The standard InChI is InChI=1S/C25H29ClFN5O4/c1-25(2)10-13(22(33)32-25)9-14(11-28)29-23(34)16(8-12-4-5-12)30-24(35)21-19(27)18-17(36-3)7-6-15(26)20(18)31-21/h6-7,12-14,16,31H,4-5,8-10H2,1-3H3,(H,29,34)(H,30,35)(H,32,33)/t13-,14+,16+/m1/s1. The lowest BCUT2D eigenvalue weighted by molar-refractivity contribution is -0.125. The third kappa shape index (κ3) is 5.41. The molecule has 4 rings (SSSR count). The maximum atomic E-state index is 15.2. The van der Waals surface area contributed by atoms with E-state index in [-0.39, 0.29) is 51.2 Å². The first-order valence-electron chi connectivity index (χ1n) is 11.9. The summed E-state index contributed by atoms with van der Waals surface area (Å²) >= 11 is 6.17. The van der Waals surface area contributed by atoms with Crippen LogP contribution in [0.25, 0.3) is 10.9 Å². The number of benzene rings is 1. The molecule has 2 heterocycles. The van der Waals surface area contributed by atoms with Crippen molar-refractivity contribution in [2.24, 2.45) is 11.8 Å². The van der Waals surface area contributed by atoms with Crippen molar-refractivity contribution in [3.05, 3.63) is 28.7 Å². The number of nitrogens with zero attached hydrogens (tertiary/aromatic N) is 1. The number of nitriles is 1. The van der Waals surface area contributed by atoms with Crippen LogP contribution in [0.5, 0.6) is 5.75 Å². The summed E-state index contributed by atoms with van der Waals surface area (Å²) in [5.74, 6) is -2.28. The van der Waals surface area contributed by atoms with Crippen LogP contribution in [0.15, 0.2) is 12.1 Å². The number of hydrogen-bond acceptors (Lipinski definition) is 5. The molecule has 3 amide bonds. The minimum Gasteiger partial charge on any atom is -0.496 e. The van der Waals surface area contributed by atoms with Gasteiger partial charge in [-0.15, -0.1) is 0 Å². The van der Waals surface area contributed by atoms with Crippen LogP contribution in [0, 0.1) is 29.0 Å². The highest BCUT2D eigenvalue weighted by atomic mass is 35.5. The quantitative estimate of drug-likeness (QED) is 0.405. The van der Waals surface area contributed by atoms with Crippen LogP contribution in [0.4, 0.5) is 4.39 Å². The lowest BCUT2D eigenvalue weighted by atomic mass is 9.92. The Kier molecular flexibility index (Phi) is 7.14. The summed E-state index contributed by atoms with van der Waals surface area (Å²) < 4.78 is 20.4. The van der Waals surface area contributed by atoms with Gasteiger partial charge in [0.25, 0.3) is 5.91 Å². The summed E-state index contributed by atoms with van der Waals surface area (Å²) in [4.78, 5) is 41.1. The van der Waals surface area contributed by atoms with Gasteiger partial charge in [0.1, 0.15) is 23.5 Å². The van der Waals surface area contributed by atoms with E-state index in [1.54, 1.807) is 0 Å². The number of halogens is 2. The molecule has 3 atom stereocenters. The lowest BCUT2D eigenvalue weighted by Crippen LogP contribution is -2.50. The predicted molar refractivity (Wildman–Crippen MR) is 131 cm³/mol. The van der Waals surface area contributed by atoms with Crippen LogP contribution in [-0.4, -0.2) is 47.4 Å². The Hall–Kier alpha value is -3.32. The van der Waals surface area contributed by atoms with Gasteiger partial charge in [0.15, 0.2) is 5.82 Å². The average Bonchev–Trinajstić information content (AvgIpc) is 3.51. The average molecular weight is 518 g/mol. The SMILES string of the molecule is COc1ccc(Cl)c2[nH]c(C(=O)N[C@@H](CC3CC3)C(=O)N[C@H](C#N)C[C@@H]3CC(C)(C)NC3=O)c(F)c12. The third-order valence-corrected chi connectivity index (χ3v) is 7.04. The van der Waals surface area contributed by atoms with Gasteiger partial charge in [0, 0.05) is 11.5 Å². The van der Waals surface area contributed by atoms with Gasteiger partial charge >= 0.3 is 0 Å². The fourth-order valence-electron chi connectivity index (χ4n) is 4.76. The number of ether oxygens (including phenoxy) is 1. The summed E-state index contributed by atoms with van der Waals surface area (Å²) in [5.41, 5.74) is -0.528. The van der Waals surface area contributed by atoms with Crippen molar-refractivity contribution >= 4 is 40.2 Å². The molecule has 0 radical (unpaired) electrons. The van der Waals surface area contributed by atoms with Gasteiger partial charge < -0.3 is 25.7 Å². The van der Waals surface area contributed by atoms with E-state index in [1.807, 2.05) is 19.9 Å². The molecule has 9 nitrogen and oxygen atoms in total. The Morgan fingerprint density at radius 1 is 1.31 bits per heavy atom. The molecular weight excluding hydrogens is 489 g/mol. The number of rotatable bonds is 9. The number of methoxy groups -OCH3 is 1. The topological polar surface area (TPSA) is 136 Å². The summed E-state index contributed by atoms with van der Waals surface area (Å²) in [7, 11) is 1.38. The van der Waals surface area contributed by atoms with E-state index in [2.05, 4.69) is 20.9 Å². The van der Waals surface area contributed by atoms with Crippen molar-refractivity contribution in [3.8, 4) is 11.8 Å². The second-order valence-electron chi connectivity index (χ2n) is 10.2. The van der Waals surface area contributed by atoms with Gasteiger partial charge in [-0.25, -0.2) is 4.39 Å². The molecule has 1 aromatic carbocycles. The molecule has 1 aliphatic carbocycles. The zero-order chi connectivity index (χ0) is 26.2.